The fraction of sp³-hybridized carbons (Fsp3) is 0.125. The first-order chi connectivity index (χ1) is 11.6. The second-order valence-electron chi connectivity index (χ2n) is 4.81. The molecule has 0 aliphatic rings. The van der Waals surface area contributed by atoms with Crippen LogP contribution < -0.4 is 10.6 Å². The van der Waals surface area contributed by atoms with Crippen molar-refractivity contribution in [1.82, 2.24) is 14.9 Å². The average molecular weight is 426 g/mol. The molecule has 24 heavy (non-hydrogen) atoms. The first kappa shape index (κ1) is 17.1. The summed E-state index contributed by atoms with van der Waals surface area (Å²) in [4.78, 5) is 0. The van der Waals surface area contributed by atoms with E-state index in [-0.39, 0.29) is 0 Å². The molecule has 2 N–H and O–H groups in total. The number of rotatable bonds is 6. The molecule has 0 amide bonds. The van der Waals surface area contributed by atoms with E-state index in [1.165, 1.54) is 16.4 Å². The van der Waals surface area contributed by atoms with E-state index in [0.717, 1.165) is 15.8 Å². The number of thioether (sulfide) groups is 1. The first-order valence-electron chi connectivity index (χ1n) is 7.11. The topological polar surface area (TPSA) is 66.0 Å². The number of nitrogens with zero attached hydrogens (tertiary/aromatic N) is 3. The van der Waals surface area contributed by atoms with Gasteiger partial charge in [0, 0.05) is 20.8 Å². The van der Waals surface area contributed by atoms with E-state index in [4.69, 9.17) is 22.2 Å². The van der Waals surface area contributed by atoms with E-state index in [1.807, 2.05) is 36.4 Å². The Morgan fingerprint density at radius 2 is 1.88 bits per heavy atom. The number of aromatic nitrogens is 3. The molecule has 5 nitrogen and oxygen atoms in total. The van der Waals surface area contributed by atoms with Crippen molar-refractivity contribution >= 4 is 39.3 Å². The number of hydrogen-bond donors (Lipinski definition) is 1. The van der Waals surface area contributed by atoms with Crippen LogP contribution in [0.25, 0.3) is 11.4 Å². The zero-order chi connectivity index (χ0) is 16.9. The van der Waals surface area contributed by atoms with E-state index in [0.29, 0.717) is 28.4 Å². The Kier molecular flexibility index (Phi) is 5.65. The fourth-order valence-electron chi connectivity index (χ4n) is 2.02. The molecule has 0 radical (unpaired) electrons. The molecule has 0 saturated heterocycles. The van der Waals surface area contributed by atoms with Crippen LogP contribution in [-0.4, -0.2) is 27.2 Å². The standard InChI is InChI=1S/C16H14BrClN4OS/c17-14-4-2-1-3-13(14)15-20-21-16(22(15)19)24-10-9-23-12-7-5-11(18)6-8-12/h1-8H,9-10,19H2. The van der Waals surface area contributed by atoms with E-state index in [1.54, 1.807) is 12.1 Å². The average Bonchev–Trinajstić information content (AvgIpc) is 2.94. The van der Waals surface area contributed by atoms with Crippen LogP contribution in [0.1, 0.15) is 0 Å². The Morgan fingerprint density at radius 3 is 2.62 bits per heavy atom. The Balaban J connectivity index is 1.59. The third-order valence-corrected chi connectivity index (χ3v) is 5.03. The van der Waals surface area contributed by atoms with Gasteiger partial charge in [-0.05, 0) is 36.4 Å². The molecule has 3 rings (SSSR count). The monoisotopic (exact) mass is 424 g/mol. The van der Waals surface area contributed by atoms with Gasteiger partial charge in [-0.2, -0.15) is 0 Å². The SMILES string of the molecule is Nn1c(SCCOc2ccc(Cl)cc2)nnc1-c1ccccc1Br. The van der Waals surface area contributed by atoms with Crippen molar-refractivity contribution in [3.63, 3.8) is 0 Å². The van der Waals surface area contributed by atoms with Crippen molar-refractivity contribution in [2.45, 2.75) is 5.16 Å². The normalized spacial score (nSPS) is 10.8. The lowest BCUT2D eigenvalue weighted by Gasteiger charge is -2.07. The quantitative estimate of drug-likeness (QED) is 0.363. The first-order valence-corrected chi connectivity index (χ1v) is 9.27. The van der Waals surface area contributed by atoms with E-state index >= 15 is 0 Å². The number of halogens is 2. The molecule has 0 aliphatic heterocycles. The van der Waals surface area contributed by atoms with Gasteiger partial charge in [-0.15, -0.1) is 10.2 Å². The van der Waals surface area contributed by atoms with Crippen LogP contribution in [0.4, 0.5) is 0 Å². The summed E-state index contributed by atoms with van der Waals surface area (Å²) >= 11 is 10.8. The third-order valence-electron chi connectivity index (χ3n) is 3.18. The Morgan fingerprint density at radius 1 is 1.12 bits per heavy atom. The molecular formula is C16H14BrClN4OS. The zero-order valence-corrected chi connectivity index (χ0v) is 15.7. The Hall–Kier alpha value is -1.70. The van der Waals surface area contributed by atoms with Crippen molar-refractivity contribution in [2.24, 2.45) is 0 Å². The van der Waals surface area contributed by atoms with Crippen molar-refractivity contribution in [3.05, 3.63) is 58.0 Å². The van der Waals surface area contributed by atoms with E-state index < -0.39 is 0 Å². The molecule has 124 valence electrons. The lowest BCUT2D eigenvalue weighted by Crippen LogP contribution is -2.12. The van der Waals surface area contributed by atoms with Crippen LogP contribution in [-0.2, 0) is 0 Å². The number of benzene rings is 2. The summed E-state index contributed by atoms with van der Waals surface area (Å²) in [7, 11) is 0. The van der Waals surface area contributed by atoms with Gasteiger partial charge in [-0.3, -0.25) is 0 Å². The Labute approximate surface area is 157 Å². The molecule has 0 atom stereocenters. The van der Waals surface area contributed by atoms with Gasteiger partial charge in [0.05, 0.1) is 6.61 Å². The second kappa shape index (κ2) is 7.92. The van der Waals surface area contributed by atoms with Crippen molar-refractivity contribution in [1.29, 1.82) is 0 Å². The molecule has 0 spiro atoms. The van der Waals surface area contributed by atoms with E-state index in [2.05, 4.69) is 26.1 Å². The van der Waals surface area contributed by atoms with Gasteiger partial charge in [-0.25, -0.2) is 4.68 Å². The number of ether oxygens (including phenoxy) is 1. The van der Waals surface area contributed by atoms with Gasteiger partial charge in [-0.1, -0.05) is 51.4 Å². The number of nitrogens with two attached hydrogens (primary N) is 1. The molecule has 0 unspecified atom stereocenters. The minimum absolute atomic E-state index is 0.531. The van der Waals surface area contributed by atoms with Crippen LogP contribution in [0.3, 0.4) is 0 Å². The van der Waals surface area contributed by atoms with Gasteiger partial charge in [0.2, 0.25) is 5.16 Å². The molecule has 0 fully saturated rings. The lowest BCUT2D eigenvalue weighted by atomic mass is 10.2. The van der Waals surface area contributed by atoms with Gasteiger partial charge in [0.1, 0.15) is 5.75 Å². The van der Waals surface area contributed by atoms with Crippen molar-refractivity contribution < 1.29 is 4.74 Å². The molecule has 3 aromatic rings. The maximum atomic E-state index is 6.11. The predicted octanol–water partition coefficient (Wildman–Crippen LogP) is 4.25. The maximum Gasteiger partial charge on any atom is 0.210 e. The fourth-order valence-corrected chi connectivity index (χ4v) is 3.29. The summed E-state index contributed by atoms with van der Waals surface area (Å²) in [5.41, 5.74) is 0.900. The summed E-state index contributed by atoms with van der Waals surface area (Å²) in [5, 5.41) is 9.65. The molecule has 0 aliphatic carbocycles. The summed E-state index contributed by atoms with van der Waals surface area (Å²) in [6.45, 7) is 0.531. The van der Waals surface area contributed by atoms with Crippen molar-refractivity contribution in [2.75, 3.05) is 18.2 Å². The minimum atomic E-state index is 0.531. The molecule has 0 bridgehead atoms. The highest BCUT2D eigenvalue weighted by molar-refractivity contribution is 9.10. The van der Waals surface area contributed by atoms with Gasteiger partial charge < -0.3 is 10.6 Å². The van der Waals surface area contributed by atoms with Gasteiger partial charge >= 0.3 is 0 Å². The highest BCUT2D eigenvalue weighted by atomic mass is 79.9. The highest BCUT2D eigenvalue weighted by Gasteiger charge is 2.14. The van der Waals surface area contributed by atoms with Crippen LogP contribution in [0, 0.1) is 0 Å². The minimum Gasteiger partial charge on any atom is -0.493 e. The summed E-state index contributed by atoms with van der Waals surface area (Å²) in [6, 6.07) is 15.0. The molecule has 1 heterocycles. The van der Waals surface area contributed by atoms with Crippen LogP contribution in [0.2, 0.25) is 5.02 Å². The molecular weight excluding hydrogens is 412 g/mol. The second-order valence-corrected chi connectivity index (χ2v) is 7.16. The summed E-state index contributed by atoms with van der Waals surface area (Å²) < 4.78 is 8.06. The third kappa shape index (κ3) is 4.03. The molecule has 2 aromatic carbocycles. The summed E-state index contributed by atoms with van der Waals surface area (Å²) in [6.07, 6.45) is 0. The smallest absolute Gasteiger partial charge is 0.210 e. The van der Waals surface area contributed by atoms with Crippen LogP contribution in [0.5, 0.6) is 5.75 Å². The molecule has 0 saturated carbocycles. The maximum absolute atomic E-state index is 6.11. The molecule has 8 heteroatoms. The van der Waals surface area contributed by atoms with Crippen LogP contribution >= 0.6 is 39.3 Å². The van der Waals surface area contributed by atoms with Crippen LogP contribution in [0.15, 0.2) is 58.2 Å². The number of nitrogen functional groups attached to an aromatic ring is 1. The van der Waals surface area contributed by atoms with E-state index in [9.17, 15) is 0 Å². The number of hydrogen-bond acceptors (Lipinski definition) is 5. The predicted molar refractivity (Wildman–Crippen MR) is 101 cm³/mol. The summed E-state index contributed by atoms with van der Waals surface area (Å²) in [5.74, 6) is 8.21. The van der Waals surface area contributed by atoms with Gasteiger partial charge in [0.25, 0.3) is 0 Å². The Bertz CT molecular complexity index is 825. The zero-order valence-electron chi connectivity index (χ0n) is 12.5. The highest BCUT2D eigenvalue weighted by Crippen LogP contribution is 2.27. The lowest BCUT2D eigenvalue weighted by molar-refractivity contribution is 0.344. The van der Waals surface area contributed by atoms with Crippen molar-refractivity contribution in [3.8, 4) is 17.1 Å². The van der Waals surface area contributed by atoms with Gasteiger partial charge in [0.15, 0.2) is 5.82 Å². The molecule has 1 aromatic heterocycles. The largest absolute Gasteiger partial charge is 0.493 e.